The van der Waals surface area contributed by atoms with E-state index in [1.165, 1.54) is 4.90 Å². The summed E-state index contributed by atoms with van der Waals surface area (Å²) in [7, 11) is 1.94. The molecule has 1 aliphatic rings. The van der Waals surface area contributed by atoms with Crippen LogP contribution < -0.4 is 0 Å². The number of carboxylic acids is 1. The van der Waals surface area contributed by atoms with Crippen molar-refractivity contribution in [3.8, 4) is 5.69 Å². The third-order valence-electron chi connectivity index (χ3n) is 5.80. The SMILES string of the molecule is Cc1ccccc1-n1nc(C)c(CN(C)C2CCCCN(CC(=O)O)C2=O)c1C. The van der Waals surface area contributed by atoms with E-state index in [-0.39, 0.29) is 18.5 Å². The van der Waals surface area contributed by atoms with Gasteiger partial charge in [-0.15, -0.1) is 0 Å². The van der Waals surface area contributed by atoms with Crippen LogP contribution >= 0.6 is 0 Å². The number of aromatic nitrogens is 2. The number of carboxylic acid groups (broad SMARTS) is 1. The van der Waals surface area contributed by atoms with Crippen LogP contribution in [0.1, 0.15) is 41.8 Å². The van der Waals surface area contributed by atoms with Gasteiger partial charge in [0, 0.05) is 24.3 Å². The first-order valence-corrected chi connectivity index (χ1v) is 10.1. The molecule has 1 aromatic heterocycles. The highest BCUT2D eigenvalue weighted by Gasteiger charge is 2.31. The topological polar surface area (TPSA) is 78.7 Å². The minimum Gasteiger partial charge on any atom is -0.480 e. The van der Waals surface area contributed by atoms with Crippen LogP contribution in [0.3, 0.4) is 0 Å². The number of nitrogens with zero attached hydrogens (tertiary/aromatic N) is 4. The largest absolute Gasteiger partial charge is 0.480 e. The van der Waals surface area contributed by atoms with Gasteiger partial charge in [0.2, 0.25) is 5.91 Å². The minimum atomic E-state index is -0.965. The van der Waals surface area contributed by atoms with E-state index in [0.717, 1.165) is 47.5 Å². The highest BCUT2D eigenvalue weighted by atomic mass is 16.4. The summed E-state index contributed by atoms with van der Waals surface area (Å²) < 4.78 is 1.97. The number of carbonyl (C=O) groups is 2. The van der Waals surface area contributed by atoms with Crippen LogP contribution in [-0.4, -0.2) is 62.7 Å². The van der Waals surface area contributed by atoms with Crippen LogP contribution in [0.5, 0.6) is 0 Å². The van der Waals surface area contributed by atoms with Gasteiger partial charge in [0.1, 0.15) is 6.54 Å². The Hall–Kier alpha value is -2.67. The Balaban J connectivity index is 1.83. The molecule has 29 heavy (non-hydrogen) atoms. The smallest absolute Gasteiger partial charge is 0.323 e. The number of benzene rings is 1. The zero-order valence-corrected chi connectivity index (χ0v) is 17.7. The Morgan fingerprint density at radius 1 is 1.24 bits per heavy atom. The maximum atomic E-state index is 13.0. The molecule has 0 bridgehead atoms. The number of carbonyl (C=O) groups excluding carboxylic acids is 1. The van der Waals surface area contributed by atoms with Gasteiger partial charge in [-0.25, -0.2) is 4.68 Å². The van der Waals surface area contributed by atoms with Gasteiger partial charge >= 0.3 is 5.97 Å². The molecule has 0 spiro atoms. The average molecular weight is 399 g/mol. The minimum absolute atomic E-state index is 0.0889. The Morgan fingerprint density at radius 2 is 1.97 bits per heavy atom. The summed E-state index contributed by atoms with van der Waals surface area (Å²) in [5.41, 5.74) is 5.33. The summed E-state index contributed by atoms with van der Waals surface area (Å²) in [6, 6.07) is 7.84. The maximum absolute atomic E-state index is 13.0. The summed E-state index contributed by atoms with van der Waals surface area (Å²) in [5, 5.41) is 13.9. The number of hydrogen-bond acceptors (Lipinski definition) is 4. The first-order valence-electron chi connectivity index (χ1n) is 10.1. The summed E-state index contributed by atoms with van der Waals surface area (Å²) >= 11 is 0. The molecular weight excluding hydrogens is 368 g/mol. The lowest BCUT2D eigenvalue weighted by Gasteiger charge is -2.29. The van der Waals surface area contributed by atoms with Gasteiger partial charge in [-0.3, -0.25) is 14.5 Å². The van der Waals surface area contributed by atoms with Crippen LogP contribution in [0, 0.1) is 20.8 Å². The first kappa shape index (κ1) is 21.0. The molecule has 1 aromatic carbocycles. The molecule has 0 aliphatic carbocycles. The second-order valence-corrected chi connectivity index (χ2v) is 7.93. The van der Waals surface area contributed by atoms with E-state index in [0.29, 0.717) is 13.1 Å². The van der Waals surface area contributed by atoms with E-state index >= 15 is 0 Å². The fourth-order valence-electron chi connectivity index (χ4n) is 4.11. The van der Waals surface area contributed by atoms with Gasteiger partial charge in [-0.05, 0) is 58.7 Å². The van der Waals surface area contributed by atoms with Crippen LogP contribution in [0.2, 0.25) is 0 Å². The molecule has 2 heterocycles. The van der Waals surface area contributed by atoms with E-state index in [1.807, 2.05) is 35.7 Å². The molecule has 156 valence electrons. The summed E-state index contributed by atoms with van der Waals surface area (Å²) in [6.07, 6.45) is 2.50. The average Bonchev–Trinajstić information content (AvgIpc) is 2.83. The molecular formula is C22H30N4O3. The molecule has 2 aromatic rings. The lowest BCUT2D eigenvalue weighted by Crippen LogP contribution is -2.47. The first-order chi connectivity index (χ1) is 13.8. The van der Waals surface area contributed by atoms with Crippen LogP contribution in [0.25, 0.3) is 5.69 Å². The molecule has 1 unspecified atom stereocenters. The van der Waals surface area contributed by atoms with Crippen molar-refractivity contribution in [3.63, 3.8) is 0 Å². The van der Waals surface area contributed by atoms with Crippen molar-refractivity contribution in [1.29, 1.82) is 0 Å². The normalized spacial score (nSPS) is 17.6. The van der Waals surface area contributed by atoms with Gasteiger partial charge in [0.05, 0.1) is 17.4 Å². The van der Waals surface area contributed by atoms with E-state index in [2.05, 4.69) is 26.0 Å². The fraction of sp³-hybridized carbons (Fsp3) is 0.500. The Kier molecular flexibility index (Phi) is 6.37. The van der Waals surface area contributed by atoms with Gasteiger partial charge in [-0.2, -0.15) is 5.10 Å². The molecule has 7 nitrogen and oxygen atoms in total. The van der Waals surface area contributed by atoms with Gasteiger partial charge in [0.15, 0.2) is 0 Å². The van der Waals surface area contributed by atoms with Gasteiger partial charge in [-0.1, -0.05) is 18.2 Å². The highest BCUT2D eigenvalue weighted by molar-refractivity contribution is 5.85. The molecule has 0 saturated carbocycles. The van der Waals surface area contributed by atoms with Gasteiger partial charge < -0.3 is 10.0 Å². The summed E-state index contributed by atoms with van der Waals surface area (Å²) in [6.45, 7) is 7.00. The van der Waals surface area contributed by atoms with E-state index in [4.69, 9.17) is 10.2 Å². The number of aliphatic carboxylic acids is 1. The van der Waals surface area contributed by atoms with Crippen LogP contribution in [0.4, 0.5) is 0 Å². The molecule has 1 aliphatic heterocycles. The number of aryl methyl sites for hydroxylation is 2. The number of likely N-dealkylation sites (N-methyl/N-ethyl adjacent to an activating group) is 1. The fourth-order valence-corrected chi connectivity index (χ4v) is 4.11. The zero-order valence-electron chi connectivity index (χ0n) is 17.7. The third-order valence-corrected chi connectivity index (χ3v) is 5.80. The number of amides is 1. The molecule has 3 rings (SSSR count). The molecule has 7 heteroatoms. The monoisotopic (exact) mass is 398 g/mol. The van der Waals surface area contributed by atoms with E-state index in [1.54, 1.807) is 0 Å². The van der Waals surface area contributed by atoms with E-state index < -0.39 is 5.97 Å². The highest BCUT2D eigenvalue weighted by Crippen LogP contribution is 2.24. The number of likely N-dealkylation sites (tertiary alicyclic amines) is 1. The lowest BCUT2D eigenvalue weighted by molar-refractivity contribution is -0.146. The second kappa shape index (κ2) is 8.78. The van der Waals surface area contributed by atoms with Gasteiger partial charge in [0.25, 0.3) is 0 Å². The second-order valence-electron chi connectivity index (χ2n) is 7.93. The molecule has 1 saturated heterocycles. The number of rotatable bonds is 6. The van der Waals surface area contributed by atoms with Crippen molar-refractivity contribution in [2.24, 2.45) is 0 Å². The standard InChI is InChI=1S/C22H30N4O3/c1-15-9-5-6-10-19(15)26-17(3)18(16(2)23-26)13-24(4)20-11-7-8-12-25(22(20)29)14-21(27)28/h5-6,9-10,20H,7-8,11-14H2,1-4H3,(H,27,28). The van der Waals surface area contributed by atoms with E-state index in [9.17, 15) is 9.59 Å². The van der Waals surface area contributed by atoms with Crippen molar-refractivity contribution in [1.82, 2.24) is 19.6 Å². The third kappa shape index (κ3) is 4.50. The predicted octanol–water partition coefficient (Wildman–Crippen LogP) is 2.70. The maximum Gasteiger partial charge on any atom is 0.323 e. The molecule has 1 fully saturated rings. The zero-order chi connectivity index (χ0) is 21.1. The number of para-hydroxylation sites is 1. The van der Waals surface area contributed by atoms with Crippen molar-refractivity contribution < 1.29 is 14.7 Å². The van der Waals surface area contributed by atoms with Crippen LogP contribution in [0.15, 0.2) is 24.3 Å². The van der Waals surface area contributed by atoms with Crippen molar-refractivity contribution in [2.75, 3.05) is 20.1 Å². The molecule has 1 atom stereocenters. The van der Waals surface area contributed by atoms with Crippen molar-refractivity contribution >= 4 is 11.9 Å². The number of hydrogen-bond donors (Lipinski definition) is 1. The van der Waals surface area contributed by atoms with Crippen molar-refractivity contribution in [2.45, 2.75) is 52.6 Å². The summed E-state index contributed by atoms with van der Waals surface area (Å²) in [5.74, 6) is -1.05. The molecule has 0 radical (unpaired) electrons. The summed E-state index contributed by atoms with van der Waals surface area (Å²) in [4.78, 5) is 27.6. The Morgan fingerprint density at radius 3 is 2.66 bits per heavy atom. The molecule has 1 amide bonds. The Labute approximate surface area is 171 Å². The van der Waals surface area contributed by atoms with Crippen LogP contribution in [-0.2, 0) is 16.1 Å². The lowest BCUT2D eigenvalue weighted by atomic mass is 10.1. The molecule has 1 N–H and O–H groups in total. The Bertz CT molecular complexity index is 905. The predicted molar refractivity (Wildman–Crippen MR) is 111 cm³/mol. The quantitative estimate of drug-likeness (QED) is 0.809. The van der Waals surface area contributed by atoms with Crippen molar-refractivity contribution in [3.05, 3.63) is 46.8 Å².